The summed E-state index contributed by atoms with van der Waals surface area (Å²) >= 11 is 0. The lowest BCUT2D eigenvalue weighted by atomic mass is 10.1. The lowest BCUT2D eigenvalue weighted by Gasteiger charge is -2.17. The average molecular weight is 237 g/mol. The molecule has 0 radical (unpaired) electrons. The molecule has 1 aromatic rings. The standard InChI is InChI=1S/C14H23NO2/c1-10(9-16-4)8-15-13-7-6-11(2)14(17-5)12(13)3/h6-7,10,15H,8-9H2,1-5H3. The van der Waals surface area contributed by atoms with Gasteiger partial charge in [0.15, 0.2) is 0 Å². The summed E-state index contributed by atoms with van der Waals surface area (Å²) in [6.07, 6.45) is 0. The maximum absolute atomic E-state index is 5.41. The van der Waals surface area contributed by atoms with Gasteiger partial charge in [0.2, 0.25) is 0 Å². The molecule has 0 aliphatic carbocycles. The van der Waals surface area contributed by atoms with Crippen LogP contribution >= 0.6 is 0 Å². The Bertz CT molecular complexity index is 363. The van der Waals surface area contributed by atoms with E-state index in [-0.39, 0.29) is 0 Å². The van der Waals surface area contributed by atoms with Gasteiger partial charge in [-0.2, -0.15) is 0 Å². The molecule has 0 aliphatic heterocycles. The van der Waals surface area contributed by atoms with Crippen molar-refractivity contribution >= 4 is 5.69 Å². The van der Waals surface area contributed by atoms with E-state index in [2.05, 4.69) is 38.2 Å². The van der Waals surface area contributed by atoms with Gasteiger partial charge in [0.05, 0.1) is 13.7 Å². The molecule has 3 nitrogen and oxygen atoms in total. The van der Waals surface area contributed by atoms with E-state index in [0.29, 0.717) is 5.92 Å². The van der Waals surface area contributed by atoms with Crippen LogP contribution in [0.25, 0.3) is 0 Å². The molecule has 0 fully saturated rings. The number of rotatable bonds is 6. The fraction of sp³-hybridized carbons (Fsp3) is 0.571. The van der Waals surface area contributed by atoms with Gasteiger partial charge >= 0.3 is 0 Å². The van der Waals surface area contributed by atoms with Gasteiger partial charge in [0, 0.05) is 24.9 Å². The van der Waals surface area contributed by atoms with Crippen molar-refractivity contribution in [1.29, 1.82) is 0 Å². The average Bonchev–Trinajstić information content (AvgIpc) is 2.29. The van der Waals surface area contributed by atoms with Crippen LogP contribution < -0.4 is 10.1 Å². The maximum atomic E-state index is 5.41. The molecule has 0 aliphatic rings. The summed E-state index contributed by atoms with van der Waals surface area (Å²) < 4.78 is 10.5. The molecule has 0 amide bonds. The number of nitrogens with one attached hydrogen (secondary N) is 1. The van der Waals surface area contributed by atoms with Crippen LogP contribution in [0.2, 0.25) is 0 Å². The molecule has 1 rings (SSSR count). The van der Waals surface area contributed by atoms with E-state index in [0.717, 1.165) is 30.2 Å². The quantitative estimate of drug-likeness (QED) is 0.825. The number of aryl methyl sites for hydroxylation is 1. The van der Waals surface area contributed by atoms with Gasteiger partial charge in [-0.1, -0.05) is 13.0 Å². The highest BCUT2D eigenvalue weighted by atomic mass is 16.5. The van der Waals surface area contributed by atoms with E-state index >= 15 is 0 Å². The van der Waals surface area contributed by atoms with Gasteiger partial charge in [-0.25, -0.2) is 0 Å². The SMILES string of the molecule is COCC(C)CNc1ccc(C)c(OC)c1C. The van der Waals surface area contributed by atoms with E-state index in [1.165, 1.54) is 5.56 Å². The van der Waals surface area contributed by atoms with Crippen molar-refractivity contribution < 1.29 is 9.47 Å². The third kappa shape index (κ3) is 3.63. The van der Waals surface area contributed by atoms with E-state index in [1.54, 1.807) is 14.2 Å². The van der Waals surface area contributed by atoms with Crippen molar-refractivity contribution in [2.45, 2.75) is 20.8 Å². The molecule has 0 saturated carbocycles. The minimum absolute atomic E-state index is 0.492. The number of anilines is 1. The Morgan fingerprint density at radius 2 is 1.94 bits per heavy atom. The molecule has 96 valence electrons. The van der Waals surface area contributed by atoms with Gasteiger partial charge in [0.25, 0.3) is 0 Å². The largest absolute Gasteiger partial charge is 0.496 e. The first-order valence-corrected chi connectivity index (χ1v) is 5.97. The zero-order valence-electron chi connectivity index (χ0n) is 11.5. The topological polar surface area (TPSA) is 30.5 Å². The summed E-state index contributed by atoms with van der Waals surface area (Å²) in [4.78, 5) is 0. The van der Waals surface area contributed by atoms with Gasteiger partial charge in [-0.05, 0) is 31.4 Å². The third-order valence-electron chi connectivity index (χ3n) is 2.90. The number of hydrogen-bond acceptors (Lipinski definition) is 3. The molecular formula is C14H23NO2. The first-order valence-electron chi connectivity index (χ1n) is 5.97. The van der Waals surface area contributed by atoms with E-state index in [1.807, 2.05) is 0 Å². The molecule has 3 heteroatoms. The fourth-order valence-corrected chi connectivity index (χ4v) is 1.96. The molecular weight excluding hydrogens is 214 g/mol. The molecule has 0 bridgehead atoms. The van der Waals surface area contributed by atoms with Crippen molar-refractivity contribution in [3.63, 3.8) is 0 Å². The number of ether oxygens (including phenoxy) is 2. The molecule has 0 heterocycles. The Morgan fingerprint density at radius 3 is 2.53 bits per heavy atom. The predicted octanol–water partition coefficient (Wildman–Crippen LogP) is 3.01. The van der Waals surface area contributed by atoms with Gasteiger partial charge in [-0.3, -0.25) is 0 Å². The Hall–Kier alpha value is -1.22. The Labute approximate surface area is 104 Å². The highest BCUT2D eigenvalue weighted by molar-refractivity contribution is 5.59. The van der Waals surface area contributed by atoms with Gasteiger partial charge < -0.3 is 14.8 Å². The number of methoxy groups -OCH3 is 2. The first kappa shape index (κ1) is 13.8. The zero-order valence-corrected chi connectivity index (χ0v) is 11.5. The number of benzene rings is 1. The van der Waals surface area contributed by atoms with E-state index < -0.39 is 0 Å². The van der Waals surface area contributed by atoms with Crippen LogP contribution in [-0.2, 0) is 4.74 Å². The van der Waals surface area contributed by atoms with Crippen LogP contribution in [0.5, 0.6) is 5.75 Å². The van der Waals surface area contributed by atoms with E-state index in [9.17, 15) is 0 Å². The molecule has 0 spiro atoms. The molecule has 1 N–H and O–H groups in total. The highest BCUT2D eigenvalue weighted by Gasteiger charge is 2.08. The van der Waals surface area contributed by atoms with Gasteiger partial charge in [0.1, 0.15) is 5.75 Å². The van der Waals surface area contributed by atoms with Crippen LogP contribution in [0, 0.1) is 19.8 Å². The third-order valence-corrected chi connectivity index (χ3v) is 2.90. The van der Waals surface area contributed by atoms with Crippen LogP contribution in [0.3, 0.4) is 0 Å². The summed E-state index contributed by atoms with van der Waals surface area (Å²) in [5, 5.41) is 3.44. The van der Waals surface area contributed by atoms with Crippen LogP contribution in [0.1, 0.15) is 18.1 Å². The molecule has 0 aromatic heterocycles. The first-order chi connectivity index (χ1) is 8.10. The van der Waals surface area contributed by atoms with E-state index in [4.69, 9.17) is 9.47 Å². The zero-order chi connectivity index (χ0) is 12.8. The Morgan fingerprint density at radius 1 is 1.24 bits per heavy atom. The highest BCUT2D eigenvalue weighted by Crippen LogP contribution is 2.29. The minimum atomic E-state index is 0.492. The Kier molecular flexibility index (Phi) is 5.29. The van der Waals surface area contributed by atoms with Crippen LogP contribution in [0.15, 0.2) is 12.1 Å². The second-order valence-corrected chi connectivity index (χ2v) is 4.53. The van der Waals surface area contributed by atoms with Crippen molar-refractivity contribution in [1.82, 2.24) is 0 Å². The van der Waals surface area contributed by atoms with Crippen molar-refractivity contribution in [2.75, 3.05) is 32.7 Å². The molecule has 1 aromatic carbocycles. The van der Waals surface area contributed by atoms with Crippen molar-refractivity contribution in [3.05, 3.63) is 23.3 Å². The van der Waals surface area contributed by atoms with Crippen molar-refractivity contribution in [3.8, 4) is 5.75 Å². The smallest absolute Gasteiger partial charge is 0.126 e. The second-order valence-electron chi connectivity index (χ2n) is 4.53. The lowest BCUT2D eigenvalue weighted by Crippen LogP contribution is -2.16. The monoisotopic (exact) mass is 237 g/mol. The maximum Gasteiger partial charge on any atom is 0.126 e. The summed E-state index contributed by atoms with van der Waals surface area (Å²) in [6.45, 7) is 7.98. The summed E-state index contributed by atoms with van der Waals surface area (Å²) in [7, 11) is 3.45. The lowest BCUT2D eigenvalue weighted by molar-refractivity contribution is 0.164. The minimum Gasteiger partial charge on any atom is -0.496 e. The number of hydrogen-bond donors (Lipinski definition) is 1. The summed E-state index contributed by atoms with van der Waals surface area (Å²) in [5.74, 6) is 1.46. The Balaban J connectivity index is 2.72. The van der Waals surface area contributed by atoms with Gasteiger partial charge in [-0.15, -0.1) is 0 Å². The van der Waals surface area contributed by atoms with Crippen molar-refractivity contribution in [2.24, 2.45) is 5.92 Å². The fourth-order valence-electron chi connectivity index (χ4n) is 1.96. The normalized spacial score (nSPS) is 12.3. The summed E-state index contributed by atoms with van der Waals surface area (Å²) in [5.41, 5.74) is 3.47. The van der Waals surface area contributed by atoms with Crippen LogP contribution in [0.4, 0.5) is 5.69 Å². The molecule has 0 saturated heterocycles. The summed E-state index contributed by atoms with van der Waals surface area (Å²) in [6, 6.07) is 4.18. The van der Waals surface area contributed by atoms with Crippen LogP contribution in [-0.4, -0.2) is 27.4 Å². The predicted molar refractivity (Wildman–Crippen MR) is 72.0 cm³/mol. The molecule has 17 heavy (non-hydrogen) atoms. The molecule has 1 atom stereocenters. The molecule has 1 unspecified atom stereocenters. The second kappa shape index (κ2) is 6.50.